The number of hydrogen-bond acceptors (Lipinski definition) is 1. The van der Waals surface area contributed by atoms with E-state index in [0.29, 0.717) is 22.3 Å². The number of ether oxygens (including phenoxy) is 1. The number of allylic oxidation sites excluding steroid dienone is 2. The summed E-state index contributed by atoms with van der Waals surface area (Å²) in [4.78, 5) is 0. The average molecular weight is 382 g/mol. The first-order valence-electron chi connectivity index (χ1n) is 10.5. The molecule has 1 aliphatic carbocycles. The van der Waals surface area contributed by atoms with Crippen molar-refractivity contribution in [2.24, 2.45) is 5.92 Å². The van der Waals surface area contributed by atoms with Crippen LogP contribution in [0.3, 0.4) is 0 Å². The fourth-order valence-corrected chi connectivity index (χ4v) is 4.51. The quantitative estimate of drug-likeness (QED) is 0.484. The normalized spacial score (nSPS) is 18.1. The Morgan fingerprint density at radius 2 is 1.79 bits per heavy atom. The number of hydrogen-bond donors (Lipinski definition) is 0. The van der Waals surface area contributed by atoms with E-state index >= 15 is 4.39 Å². The third kappa shape index (κ3) is 3.47. The Hall–Kier alpha value is -2.16. The van der Waals surface area contributed by atoms with Gasteiger partial charge in [0.2, 0.25) is 0 Å². The monoisotopic (exact) mass is 382 g/mol. The molecule has 0 radical (unpaired) electrons. The molecule has 4 rings (SSSR count). The standard InChI is InChI=1S/C25H28F2O/c1-3-4-5-6-17-8-10-18(11-9-17)19-13-14-21-20-12-7-16(2)23(26)22(20)15-28-25(21)24(19)27/h7,10,12-14,17H,3-6,8-9,11,15H2,1-2H3. The number of fused-ring (bicyclic) bond motifs is 3. The van der Waals surface area contributed by atoms with Crippen LogP contribution >= 0.6 is 0 Å². The molecule has 0 saturated heterocycles. The first-order chi connectivity index (χ1) is 13.6. The van der Waals surface area contributed by atoms with Gasteiger partial charge in [-0.1, -0.05) is 56.9 Å². The van der Waals surface area contributed by atoms with Crippen molar-refractivity contribution in [2.45, 2.75) is 65.4 Å². The molecule has 0 aromatic heterocycles. The molecule has 2 aromatic carbocycles. The Labute approximate surface area is 166 Å². The third-order valence-electron chi connectivity index (χ3n) is 6.27. The lowest BCUT2D eigenvalue weighted by atomic mass is 9.83. The zero-order chi connectivity index (χ0) is 19.7. The van der Waals surface area contributed by atoms with Gasteiger partial charge in [0, 0.05) is 16.7 Å². The maximum atomic E-state index is 15.3. The highest BCUT2D eigenvalue weighted by Gasteiger charge is 2.27. The van der Waals surface area contributed by atoms with Crippen molar-refractivity contribution in [2.75, 3.05) is 0 Å². The van der Waals surface area contributed by atoms with E-state index in [9.17, 15) is 4.39 Å². The fourth-order valence-electron chi connectivity index (χ4n) is 4.51. The summed E-state index contributed by atoms with van der Waals surface area (Å²) < 4.78 is 35.4. The summed E-state index contributed by atoms with van der Waals surface area (Å²) in [5, 5.41) is 0. The predicted octanol–water partition coefficient (Wildman–Crippen LogP) is 7.60. The average Bonchev–Trinajstić information content (AvgIpc) is 2.72. The van der Waals surface area contributed by atoms with E-state index in [4.69, 9.17) is 4.74 Å². The summed E-state index contributed by atoms with van der Waals surface area (Å²) in [6, 6.07) is 7.34. The fraction of sp³-hybridized carbons (Fsp3) is 0.440. The Morgan fingerprint density at radius 3 is 2.54 bits per heavy atom. The van der Waals surface area contributed by atoms with Crippen LogP contribution in [0.4, 0.5) is 8.78 Å². The maximum Gasteiger partial charge on any atom is 0.173 e. The van der Waals surface area contributed by atoms with E-state index in [2.05, 4.69) is 13.0 Å². The zero-order valence-electron chi connectivity index (χ0n) is 16.8. The van der Waals surface area contributed by atoms with Gasteiger partial charge in [-0.05, 0) is 54.9 Å². The molecule has 3 heteroatoms. The number of halogens is 2. The van der Waals surface area contributed by atoms with Gasteiger partial charge in [0.1, 0.15) is 12.4 Å². The van der Waals surface area contributed by atoms with Crippen molar-refractivity contribution in [3.63, 3.8) is 0 Å². The van der Waals surface area contributed by atoms with Crippen molar-refractivity contribution in [3.05, 3.63) is 58.7 Å². The maximum absolute atomic E-state index is 15.3. The second kappa shape index (κ2) is 8.06. The van der Waals surface area contributed by atoms with Gasteiger partial charge in [-0.15, -0.1) is 0 Å². The minimum Gasteiger partial charge on any atom is -0.485 e. The van der Waals surface area contributed by atoms with Gasteiger partial charge in [0.15, 0.2) is 11.6 Å². The van der Waals surface area contributed by atoms with Crippen LogP contribution in [0.2, 0.25) is 0 Å². The molecule has 0 saturated carbocycles. The molecule has 1 atom stereocenters. The number of rotatable bonds is 5. The van der Waals surface area contributed by atoms with E-state index in [1.165, 1.54) is 25.7 Å². The molecule has 0 N–H and O–H groups in total. The molecule has 1 nitrogen and oxygen atoms in total. The summed E-state index contributed by atoms with van der Waals surface area (Å²) in [5.41, 5.74) is 4.21. The molecule has 0 fully saturated rings. The van der Waals surface area contributed by atoms with Crippen molar-refractivity contribution in [3.8, 4) is 16.9 Å². The van der Waals surface area contributed by atoms with Gasteiger partial charge in [-0.3, -0.25) is 0 Å². The molecule has 1 heterocycles. The van der Waals surface area contributed by atoms with Gasteiger partial charge < -0.3 is 4.74 Å². The van der Waals surface area contributed by atoms with E-state index in [1.54, 1.807) is 13.0 Å². The zero-order valence-corrected chi connectivity index (χ0v) is 16.8. The van der Waals surface area contributed by atoms with Crippen LogP contribution in [-0.4, -0.2) is 0 Å². The minimum absolute atomic E-state index is 0.0781. The highest BCUT2D eigenvalue weighted by molar-refractivity contribution is 5.79. The van der Waals surface area contributed by atoms with Crippen LogP contribution in [-0.2, 0) is 6.61 Å². The van der Waals surface area contributed by atoms with E-state index in [0.717, 1.165) is 36.3 Å². The number of aryl methyl sites for hydroxylation is 1. The first-order valence-corrected chi connectivity index (χ1v) is 10.5. The SMILES string of the molecule is CCCCCC1CC=C(c2ccc3c(c2F)OCc2c-3ccc(C)c2F)CC1. The number of unbranched alkanes of at least 4 members (excludes halogenated alkanes) is 2. The van der Waals surface area contributed by atoms with Crippen LogP contribution in [0.15, 0.2) is 30.3 Å². The highest BCUT2D eigenvalue weighted by Crippen LogP contribution is 2.44. The first kappa shape index (κ1) is 19.2. The minimum atomic E-state index is -0.306. The van der Waals surface area contributed by atoms with E-state index in [1.807, 2.05) is 18.2 Å². The van der Waals surface area contributed by atoms with Gasteiger partial charge >= 0.3 is 0 Å². The highest BCUT2D eigenvalue weighted by atomic mass is 19.1. The van der Waals surface area contributed by atoms with Gasteiger partial charge in [-0.2, -0.15) is 0 Å². The topological polar surface area (TPSA) is 9.23 Å². The predicted molar refractivity (Wildman–Crippen MR) is 110 cm³/mol. The van der Waals surface area contributed by atoms with Gasteiger partial charge in [0.05, 0.1) is 0 Å². The Morgan fingerprint density at radius 1 is 1.00 bits per heavy atom. The lowest BCUT2D eigenvalue weighted by molar-refractivity contribution is 0.280. The molecule has 2 aliphatic rings. The molecule has 0 spiro atoms. The molecular formula is C25H28F2O. The summed E-state index contributed by atoms with van der Waals surface area (Å²) >= 11 is 0. The van der Waals surface area contributed by atoms with E-state index in [-0.39, 0.29) is 24.0 Å². The molecule has 1 unspecified atom stereocenters. The smallest absolute Gasteiger partial charge is 0.173 e. The Balaban J connectivity index is 1.60. The van der Waals surface area contributed by atoms with Crippen molar-refractivity contribution < 1.29 is 13.5 Å². The second-order valence-electron chi connectivity index (χ2n) is 8.18. The molecule has 0 bridgehead atoms. The number of benzene rings is 2. The molecule has 148 valence electrons. The van der Waals surface area contributed by atoms with Crippen LogP contribution in [0.5, 0.6) is 5.75 Å². The lowest BCUT2D eigenvalue weighted by Gasteiger charge is -2.26. The van der Waals surface area contributed by atoms with Crippen LogP contribution in [0.25, 0.3) is 16.7 Å². The van der Waals surface area contributed by atoms with Crippen molar-refractivity contribution >= 4 is 5.57 Å². The van der Waals surface area contributed by atoms with E-state index < -0.39 is 0 Å². The van der Waals surface area contributed by atoms with Crippen LogP contribution < -0.4 is 4.74 Å². The van der Waals surface area contributed by atoms with Crippen molar-refractivity contribution in [1.29, 1.82) is 0 Å². The molecule has 28 heavy (non-hydrogen) atoms. The second-order valence-corrected chi connectivity index (χ2v) is 8.18. The van der Waals surface area contributed by atoms with Gasteiger partial charge in [0.25, 0.3) is 0 Å². The van der Waals surface area contributed by atoms with Crippen LogP contribution in [0.1, 0.15) is 68.6 Å². The molecule has 0 amide bonds. The summed E-state index contributed by atoms with van der Waals surface area (Å²) in [6.07, 6.45) is 10.4. The summed E-state index contributed by atoms with van der Waals surface area (Å²) in [5.74, 6) is 0.432. The largest absolute Gasteiger partial charge is 0.485 e. The van der Waals surface area contributed by atoms with Crippen LogP contribution in [0, 0.1) is 24.5 Å². The Bertz CT molecular complexity index is 913. The summed E-state index contributed by atoms with van der Waals surface area (Å²) in [7, 11) is 0. The molecule has 2 aromatic rings. The van der Waals surface area contributed by atoms with Crippen molar-refractivity contribution in [1.82, 2.24) is 0 Å². The molecule has 1 aliphatic heterocycles. The molecular weight excluding hydrogens is 354 g/mol. The Kier molecular flexibility index (Phi) is 5.52. The lowest BCUT2D eigenvalue weighted by Crippen LogP contribution is -2.12. The third-order valence-corrected chi connectivity index (χ3v) is 6.27. The summed E-state index contributed by atoms with van der Waals surface area (Å²) in [6.45, 7) is 4.04. The van der Waals surface area contributed by atoms with Gasteiger partial charge in [-0.25, -0.2) is 8.78 Å².